The van der Waals surface area contributed by atoms with Crippen LogP contribution in [0.5, 0.6) is 0 Å². The van der Waals surface area contributed by atoms with E-state index in [1.165, 1.54) is 0 Å². The van der Waals surface area contributed by atoms with Crippen LogP contribution in [0.3, 0.4) is 0 Å². The lowest BCUT2D eigenvalue weighted by Crippen LogP contribution is -2.60. The number of ether oxygens (including phenoxy) is 1. The van der Waals surface area contributed by atoms with E-state index in [1.54, 1.807) is 26.9 Å². The average molecular weight is 636 g/mol. The smallest absolute Gasteiger partial charge is 0.253 e. The van der Waals surface area contributed by atoms with Crippen LogP contribution in [0.25, 0.3) is 10.8 Å². The molecule has 0 aliphatic carbocycles. The molecule has 7 atom stereocenters. The van der Waals surface area contributed by atoms with E-state index in [0.717, 1.165) is 10.8 Å². The Hall–Kier alpha value is -4.27. The topological polar surface area (TPSA) is 90.4 Å². The second-order valence-electron chi connectivity index (χ2n) is 13.5. The van der Waals surface area contributed by atoms with E-state index in [1.807, 2.05) is 93.6 Å². The lowest BCUT2D eigenvalue weighted by atomic mass is 9.66. The van der Waals surface area contributed by atoms with Gasteiger partial charge in [0.1, 0.15) is 11.6 Å². The van der Waals surface area contributed by atoms with Gasteiger partial charge in [0, 0.05) is 24.5 Å². The van der Waals surface area contributed by atoms with Gasteiger partial charge in [-0.15, -0.1) is 13.2 Å². The number of hydrogen-bond acceptors (Lipinski definition) is 5. The van der Waals surface area contributed by atoms with Gasteiger partial charge in [-0.1, -0.05) is 81.0 Å². The highest BCUT2D eigenvalue weighted by atomic mass is 16.5. The molecule has 6 rings (SSSR count). The quantitative estimate of drug-likeness (QED) is 0.256. The molecule has 3 amide bonds. The van der Waals surface area contributed by atoms with Gasteiger partial charge >= 0.3 is 0 Å². The summed E-state index contributed by atoms with van der Waals surface area (Å²) in [5.41, 5.74) is -0.809. The number of carbonyl (C=O) groups is 3. The summed E-state index contributed by atoms with van der Waals surface area (Å²) in [6, 6.07) is 21.5. The molecule has 246 valence electrons. The molecule has 0 saturated carbocycles. The number of benzene rings is 3. The van der Waals surface area contributed by atoms with Gasteiger partial charge in [-0.05, 0) is 60.7 Å². The van der Waals surface area contributed by atoms with Crippen molar-refractivity contribution >= 4 is 39.9 Å². The molecule has 3 aliphatic rings. The fourth-order valence-corrected chi connectivity index (χ4v) is 8.36. The number of para-hydroxylation sites is 1. The Morgan fingerprint density at radius 1 is 0.957 bits per heavy atom. The number of nitrogens with zero attached hydrogens (tertiary/aromatic N) is 3. The van der Waals surface area contributed by atoms with Crippen LogP contribution in [-0.4, -0.2) is 70.7 Å². The molecular formula is C39H45N3O5. The Kier molecular flexibility index (Phi) is 8.85. The number of anilines is 2. The molecular weight excluding hydrogens is 590 g/mol. The minimum Gasteiger partial charge on any atom is -0.394 e. The van der Waals surface area contributed by atoms with Gasteiger partial charge in [0.2, 0.25) is 11.8 Å². The van der Waals surface area contributed by atoms with Gasteiger partial charge < -0.3 is 24.5 Å². The van der Waals surface area contributed by atoms with Crippen LogP contribution >= 0.6 is 0 Å². The first-order valence-corrected chi connectivity index (χ1v) is 16.7. The number of rotatable bonds is 12. The molecule has 8 heteroatoms. The molecule has 0 radical (unpaired) electrons. The molecule has 47 heavy (non-hydrogen) atoms. The predicted octanol–water partition coefficient (Wildman–Crippen LogP) is 5.75. The van der Waals surface area contributed by atoms with Crippen LogP contribution in [0.15, 0.2) is 98.1 Å². The summed E-state index contributed by atoms with van der Waals surface area (Å²) < 4.78 is 6.96. The number of carbonyl (C=O) groups excluding carboxylic acids is 3. The van der Waals surface area contributed by atoms with Crippen molar-refractivity contribution in [2.75, 3.05) is 29.5 Å². The van der Waals surface area contributed by atoms with Gasteiger partial charge in [0.25, 0.3) is 5.91 Å². The van der Waals surface area contributed by atoms with Crippen LogP contribution in [0.2, 0.25) is 0 Å². The molecule has 1 spiro atoms. The predicted molar refractivity (Wildman–Crippen MR) is 185 cm³/mol. The molecule has 2 unspecified atom stereocenters. The SMILES string of the molecule is C=CCN(C(=O)C1N([C@@H](CO)[C@@H](C)CC)C(=O)[C@@H]2[C@@H](C(=O)N(CC=C)c3ccccc3)[C@@]3(C)CCC12O3)c1ccc2ccccc2c1. The first-order chi connectivity index (χ1) is 22.7. The van der Waals surface area contributed by atoms with Gasteiger partial charge in [-0.25, -0.2) is 0 Å². The fourth-order valence-electron chi connectivity index (χ4n) is 8.36. The van der Waals surface area contributed by atoms with Crippen molar-refractivity contribution in [1.82, 2.24) is 4.90 Å². The number of aliphatic hydroxyl groups excluding tert-OH is 1. The summed E-state index contributed by atoms with van der Waals surface area (Å²) in [6.07, 6.45) is 5.01. The third kappa shape index (κ3) is 5.18. The van der Waals surface area contributed by atoms with Crippen LogP contribution in [-0.2, 0) is 19.1 Å². The van der Waals surface area contributed by atoms with Crippen LogP contribution in [0.1, 0.15) is 40.0 Å². The fraction of sp³-hybridized carbons (Fsp3) is 0.410. The van der Waals surface area contributed by atoms with Crippen molar-refractivity contribution in [1.29, 1.82) is 0 Å². The summed E-state index contributed by atoms with van der Waals surface area (Å²) in [6.45, 7) is 13.9. The first-order valence-electron chi connectivity index (χ1n) is 16.7. The van der Waals surface area contributed by atoms with Gasteiger partial charge in [0.15, 0.2) is 0 Å². The van der Waals surface area contributed by atoms with Crippen LogP contribution < -0.4 is 9.80 Å². The van der Waals surface area contributed by atoms with Gasteiger partial charge in [-0.3, -0.25) is 14.4 Å². The highest BCUT2D eigenvalue weighted by molar-refractivity contribution is 6.07. The maximum Gasteiger partial charge on any atom is 0.253 e. The number of hydrogen-bond donors (Lipinski definition) is 1. The molecule has 1 N–H and O–H groups in total. The summed E-state index contributed by atoms with van der Waals surface area (Å²) in [5.74, 6) is -2.66. The highest BCUT2D eigenvalue weighted by Crippen LogP contribution is 2.64. The second kappa shape index (κ2) is 12.7. The minimum absolute atomic E-state index is 0.105. The van der Waals surface area contributed by atoms with E-state index in [9.17, 15) is 14.7 Å². The van der Waals surface area contributed by atoms with E-state index in [2.05, 4.69) is 13.2 Å². The molecule has 3 saturated heterocycles. The third-order valence-corrected chi connectivity index (χ3v) is 10.8. The van der Waals surface area contributed by atoms with Crippen molar-refractivity contribution in [2.24, 2.45) is 17.8 Å². The normalized spacial score (nSPS) is 27.4. The third-order valence-electron chi connectivity index (χ3n) is 10.8. The molecule has 8 nitrogen and oxygen atoms in total. The van der Waals surface area contributed by atoms with Crippen LogP contribution in [0.4, 0.5) is 11.4 Å². The van der Waals surface area contributed by atoms with E-state index in [4.69, 9.17) is 4.74 Å². The molecule has 3 aromatic rings. The molecule has 0 aromatic heterocycles. The van der Waals surface area contributed by atoms with Crippen molar-refractivity contribution in [2.45, 2.75) is 63.3 Å². The van der Waals surface area contributed by atoms with E-state index in [-0.39, 0.29) is 43.3 Å². The Morgan fingerprint density at radius 3 is 2.23 bits per heavy atom. The average Bonchev–Trinajstić information content (AvgIpc) is 3.66. The number of aliphatic hydroxyl groups is 1. The van der Waals surface area contributed by atoms with Crippen molar-refractivity contribution in [3.05, 3.63) is 98.1 Å². The molecule has 3 heterocycles. The van der Waals surface area contributed by atoms with Crippen molar-refractivity contribution in [3.8, 4) is 0 Å². The minimum atomic E-state index is -1.24. The zero-order chi connectivity index (χ0) is 33.5. The largest absolute Gasteiger partial charge is 0.394 e. The van der Waals surface area contributed by atoms with Gasteiger partial charge in [-0.2, -0.15) is 0 Å². The Bertz CT molecular complexity index is 1690. The first kappa shape index (κ1) is 32.7. The van der Waals surface area contributed by atoms with Gasteiger partial charge in [0.05, 0.1) is 30.1 Å². The lowest BCUT2D eigenvalue weighted by molar-refractivity contribution is -0.149. The maximum atomic E-state index is 15.1. The number of amides is 3. The van der Waals surface area contributed by atoms with Crippen molar-refractivity contribution in [3.63, 3.8) is 0 Å². The molecule has 2 bridgehead atoms. The Balaban J connectivity index is 1.48. The zero-order valence-corrected chi connectivity index (χ0v) is 27.5. The van der Waals surface area contributed by atoms with Crippen LogP contribution in [0, 0.1) is 17.8 Å². The summed E-state index contributed by atoms with van der Waals surface area (Å²) in [4.78, 5) is 49.6. The summed E-state index contributed by atoms with van der Waals surface area (Å²) in [5, 5.41) is 12.8. The summed E-state index contributed by atoms with van der Waals surface area (Å²) in [7, 11) is 0. The molecule has 3 fully saturated rings. The second-order valence-corrected chi connectivity index (χ2v) is 13.5. The van der Waals surface area contributed by atoms with Crippen molar-refractivity contribution < 1.29 is 24.2 Å². The Morgan fingerprint density at radius 2 is 1.60 bits per heavy atom. The van der Waals surface area contributed by atoms with E-state index >= 15 is 4.79 Å². The lowest BCUT2D eigenvalue weighted by Gasteiger charge is -2.41. The number of likely N-dealkylation sites (tertiary alicyclic amines) is 1. The number of fused-ring (bicyclic) bond motifs is 2. The monoisotopic (exact) mass is 635 g/mol. The molecule has 3 aliphatic heterocycles. The standard InChI is InChI=1S/C39H45N3O5/c1-6-22-40(29-16-10-9-11-17-29)35(44)32-33-36(45)42(31(25-43)26(4)8-3)34(39(33)21-20-38(32,5)47-39)37(46)41(23-7-2)30-19-18-27-14-12-13-15-28(27)24-30/h6-7,9-19,24,26,31-34,43H,1-2,8,20-23,25H2,3-5H3/t26-,31-,32-,33-,34?,38+,39?/m0/s1. The Labute approximate surface area is 277 Å². The van der Waals surface area contributed by atoms with E-state index in [0.29, 0.717) is 30.6 Å². The zero-order valence-electron chi connectivity index (χ0n) is 27.5. The molecule has 3 aromatic carbocycles. The maximum absolute atomic E-state index is 15.1. The van der Waals surface area contributed by atoms with E-state index < -0.39 is 35.1 Å². The summed E-state index contributed by atoms with van der Waals surface area (Å²) >= 11 is 0. The highest BCUT2D eigenvalue weighted by Gasteiger charge is 2.79.